The van der Waals surface area contributed by atoms with E-state index in [4.69, 9.17) is 0 Å². The lowest BCUT2D eigenvalue weighted by molar-refractivity contribution is -0.0905. The zero-order chi connectivity index (χ0) is 22.0. The highest BCUT2D eigenvalue weighted by Gasteiger charge is 2.57. The van der Waals surface area contributed by atoms with Crippen molar-refractivity contribution in [2.24, 2.45) is 39.9 Å². The highest BCUT2D eigenvalue weighted by molar-refractivity contribution is 5.49. The van der Waals surface area contributed by atoms with E-state index in [1.165, 1.54) is 77.0 Å². The van der Waals surface area contributed by atoms with Crippen molar-refractivity contribution in [3.63, 3.8) is 0 Å². The van der Waals surface area contributed by atoms with Crippen LogP contribution in [0.4, 0.5) is 0 Å². The van der Waals surface area contributed by atoms with E-state index in [0.717, 1.165) is 24.2 Å². The van der Waals surface area contributed by atoms with Crippen LogP contribution in [0, 0.1) is 39.9 Å². The van der Waals surface area contributed by atoms with Gasteiger partial charge >= 0.3 is 0 Å². The van der Waals surface area contributed by atoms with Crippen LogP contribution >= 0.6 is 0 Å². The Morgan fingerprint density at radius 2 is 1.68 bits per heavy atom. The fraction of sp³-hybridized carbons (Fsp3) is 0.867. The van der Waals surface area contributed by atoms with E-state index in [1.807, 2.05) is 5.57 Å². The predicted molar refractivity (Wildman–Crippen MR) is 131 cm³/mol. The molecule has 174 valence electrons. The van der Waals surface area contributed by atoms with Crippen molar-refractivity contribution < 1.29 is 5.11 Å². The number of aliphatic hydroxyl groups is 1. The van der Waals surface area contributed by atoms with E-state index in [2.05, 4.69) is 40.7 Å². The quantitative estimate of drug-likeness (QED) is 0.483. The standard InChI is InChI=1S/C30H48O/c1-20(19-21-9-7-6-8-10-21)23-12-13-24-22-11-14-26-28(2,3)27(31)16-18-30(26,5)25(22)15-17-29(23,24)4/h13,20-21,23,26-27,31H,6-12,14-19H2,1-5H3/t20-,23-,26?,27?,29-,30-/m1/s1. The minimum atomic E-state index is -0.128. The Kier molecular flexibility index (Phi) is 5.56. The second-order valence-electron chi connectivity index (χ2n) is 13.4. The lowest BCUT2D eigenvalue weighted by Gasteiger charge is -2.59. The van der Waals surface area contributed by atoms with Crippen LogP contribution in [0.2, 0.25) is 0 Å². The molecule has 1 N–H and O–H groups in total. The Balaban J connectivity index is 1.40. The molecule has 0 amide bonds. The first-order valence-electron chi connectivity index (χ1n) is 13.8. The fourth-order valence-electron chi connectivity index (χ4n) is 9.69. The van der Waals surface area contributed by atoms with Gasteiger partial charge in [-0.15, -0.1) is 0 Å². The van der Waals surface area contributed by atoms with Gasteiger partial charge in [-0.05, 0) is 102 Å². The summed E-state index contributed by atoms with van der Waals surface area (Å²) in [4.78, 5) is 0. The minimum Gasteiger partial charge on any atom is -0.393 e. The Hall–Kier alpha value is -0.560. The number of allylic oxidation sites excluding steroid dienone is 4. The number of fused-ring (bicyclic) bond motifs is 4. The molecule has 2 saturated carbocycles. The molecule has 0 spiro atoms. The van der Waals surface area contributed by atoms with Gasteiger partial charge in [-0.3, -0.25) is 0 Å². The van der Waals surface area contributed by atoms with Gasteiger partial charge in [-0.2, -0.15) is 0 Å². The first kappa shape index (κ1) is 22.2. The molecule has 0 heterocycles. The normalized spacial score (nSPS) is 43.7. The molecule has 0 saturated heterocycles. The highest BCUT2D eigenvalue weighted by Crippen LogP contribution is 2.66. The second kappa shape index (κ2) is 7.75. The van der Waals surface area contributed by atoms with E-state index in [0.29, 0.717) is 16.7 Å². The Morgan fingerprint density at radius 1 is 0.935 bits per heavy atom. The zero-order valence-corrected chi connectivity index (χ0v) is 21.1. The van der Waals surface area contributed by atoms with Gasteiger partial charge in [0, 0.05) is 0 Å². The summed E-state index contributed by atoms with van der Waals surface area (Å²) in [6.07, 6.45) is 20.1. The largest absolute Gasteiger partial charge is 0.393 e. The first-order valence-corrected chi connectivity index (χ1v) is 13.8. The van der Waals surface area contributed by atoms with E-state index >= 15 is 0 Å². The Morgan fingerprint density at radius 3 is 2.42 bits per heavy atom. The maximum Gasteiger partial charge on any atom is 0.0594 e. The van der Waals surface area contributed by atoms with E-state index in [1.54, 1.807) is 11.1 Å². The van der Waals surface area contributed by atoms with Gasteiger partial charge in [-0.25, -0.2) is 0 Å². The third kappa shape index (κ3) is 3.34. The summed E-state index contributed by atoms with van der Waals surface area (Å²) in [5, 5.41) is 10.8. The summed E-state index contributed by atoms with van der Waals surface area (Å²) in [5.41, 5.74) is 6.15. The van der Waals surface area contributed by atoms with Crippen LogP contribution in [0.25, 0.3) is 0 Å². The van der Waals surface area contributed by atoms with Crippen molar-refractivity contribution in [1.82, 2.24) is 0 Å². The molecule has 0 radical (unpaired) electrons. The smallest absolute Gasteiger partial charge is 0.0594 e. The summed E-state index contributed by atoms with van der Waals surface area (Å²) >= 11 is 0. The van der Waals surface area contributed by atoms with Crippen LogP contribution in [-0.4, -0.2) is 11.2 Å². The maximum absolute atomic E-state index is 10.8. The van der Waals surface area contributed by atoms with Crippen LogP contribution in [0.5, 0.6) is 0 Å². The SMILES string of the molecule is C[C@H](CC1CCCCC1)[C@H]1CC=C2C3=C(CC[C@@]21C)[C@@]1(C)CCC(O)C(C)(C)C1CC3. The molecule has 0 aromatic carbocycles. The number of hydrogen-bond acceptors (Lipinski definition) is 1. The summed E-state index contributed by atoms with van der Waals surface area (Å²) < 4.78 is 0. The van der Waals surface area contributed by atoms with Crippen molar-refractivity contribution in [1.29, 1.82) is 0 Å². The van der Waals surface area contributed by atoms with Crippen molar-refractivity contribution >= 4 is 0 Å². The van der Waals surface area contributed by atoms with E-state index in [9.17, 15) is 5.11 Å². The van der Waals surface area contributed by atoms with Crippen molar-refractivity contribution in [3.05, 3.63) is 22.8 Å². The molecule has 0 aliphatic heterocycles. The van der Waals surface area contributed by atoms with Crippen LogP contribution in [0.15, 0.2) is 22.8 Å². The van der Waals surface area contributed by atoms with Crippen molar-refractivity contribution in [3.8, 4) is 0 Å². The minimum absolute atomic E-state index is 0.0490. The predicted octanol–water partition coefficient (Wildman–Crippen LogP) is 8.23. The van der Waals surface area contributed by atoms with Gasteiger partial charge in [0.05, 0.1) is 6.10 Å². The van der Waals surface area contributed by atoms with Crippen LogP contribution in [0.1, 0.15) is 118 Å². The summed E-state index contributed by atoms with van der Waals surface area (Å²) in [6.45, 7) is 12.5. The van der Waals surface area contributed by atoms with Gasteiger partial charge in [-0.1, -0.05) is 78.4 Å². The molecule has 5 rings (SSSR count). The highest BCUT2D eigenvalue weighted by atomic mass is 16.3. The monoisotopic (exact) mass is 424 g/mol. The molecule has 2 unspecified atom stereocenters. The summed E-state index contributed by atoms with van der Waals surface area (Å²) in [6, 6.07) is 0. The molecule has 1 nitrogen and oxygen atoms in total. The van der Waals surface area contributed by atoms with Gasteiger partial charge in [0.1, 0.15) is 0 Å². The lowest BCUT2D eigenvalue weighted by Crippen LogP contribution is -2.53. The third-order valence-electron chi connectivity index (χ3n) is 11.5. The molecule has 2 fully saturated rings. The van der Waals surface area contributed by atoms with Crippen LogP contribution in [0.3, 0.4) is 0 Å². The lowest BCUT2D eigenvalue weighted by atomic mass is 9.46. The molecule has 5 aliphatic rings. The Bertz CT molecular complexity index is 765. The zero-order valence-electron chi connectivity index (χ0n) is 21.1. The second-order valence-corrected chi connectivity index (χ2v) is 13.4. The molecule has 6 atom stereocenters. The summed E-state index contributed by atoms with van der Waals surface area (Å²) in [7, 11) is 0. The maximum atomic E-state index is 10.8. The van der Waals surface area contributed by atoms with Gasteiger partial charge in [0.25, 0.3) is 0 Å². The van der Waals surface area contributed by atoms with Gasteiger partial charge in [0.15, 0.2) is 0 Å². The molecule has 0 aromatic rings. The Labute approximate surface area is 192 Å². The fourth-order valence-corrected chi connectivity index (χ4v) is 9.69. The van der Waals surface area contributed by atoms with E-state index in [-0.39, 0.29) is 11.5 Å². The molecular formula is C30H48O. The molecule has 5 aliphatic carbocycles. The summed E-state index contributed by atoms with van der Waals surface area (Å²) in [5.74, 6) is 3.35. The average Bonchev–Trinajstić information content (AvgIpc) is 3.09. The van der Waals surface area contributed by atoms with Gasteiger partial charge in [0.2, 0.25) is 0 Å². The first-order chi connectivity index (χ1) is 14.7. The van der Waals surface area contributed by atoms with Crippen LogP contribution < -0.4 is 0 Å². The van der Waals surface area contributed by atoms with Crippen molar-refractivity contribution in [2.75, 3.05) is 0 Å². The number of hydrogen-bond donors (Lipinski definition) is 1. The molecule has 1 heteroatoms. The number of aliphatic hydroxyl groups excluding tert-OH is 1. The van der Waals surface area contributed by atoms with Crippen LogP contribution in [-0.2, 0) is 0 Å². The molecule has 31 heavy (non-hydrogen) atoms. The average molecular weight is 425 g/mol. The third-order valence-corrected chi connectivity index (χ3v) is 11.5. The molecular weight excluding hydrogens is 376 g/mol. The topological polar surface area (TPSA) is 20.2 Å². The van der Waals surface area contributed by atoms with E-state index < -0.39 is 0 Å². The van der Waals surface area contributed by atoms with Crippen molar-refractivity contribution in [2.45, 2.75) is 124 Å². The molecule has 0 bridgehead atoms. The van der Waals surface area contributed by atoms with Gasteiger partial charge < -0.3 is 5.11 Å². The number of rotatable bonds is 3. The molecule has 0 aromatic heterocycles.